The molecule has 0 aromatic heterocycles. The predicted molar refractivity (Wildman–Crippen MR) is 70.7 cm³/mol. The van der Waals surface area contributed by atoms with Crippen molar-refractivity contribution in [1.82, 2.24) is 10.6 Å². The van der Waals surface area contributed by atoms with Gasteiger partial charge in [-0.1, -0.05) is 38.1 Å². The maximum atomic E-state index is 11.2. The Morgan fingerprint density at radius 1 is 1.22 bits per heavy atom. The molecule has 3 N–H and O–H groups in total. The highest BCUT2D eigenvalue weighted by molar-refractivity contribution is 5.75. The van der Waals surface area contributed by atoms with E-state index in [-0.39, 0.29) is 6.04 Å². The van der Waals surface area contributed by atoms with Crippen molar-refractivity contribution in [1.29, 1.82) is 0 Å². The number of piperazine rings is 1. The lowest BCUT2D eigenvalue weighted by Gasteiger charge is -2.31. The summed E-state index contributed by atoms with van der Waals surface area (Å²) in [7, 11) is 0. The summed E-state index contributed by atoms with van der Waals surface area (Å²) in [6, 6.07) is 7.50. The first-order chi connectivity index (χ1) is 8.59. The molecule has 0 amide bonds. The van der Waals surface area contributed by atoms with Gasteiger partial charge in [-0.15, -0.1) is 0 Å². The van der Waals surface area contributed by atoms with Crippen LogP contribution in [0.1, 0.15) is 36.9 Å². The maximum absolute atomic E-state index is 11.2. The number of carbonyl (C=O) groups is 1. The van der Waals surface area contributed by atoms with Crippen molar-refractivity contribution in [2.45, 2.75) is 31.8 Å². The largest absolute Gasteiger partial charge is 0.480 e. The van der Waals surface area contributed by atoms with Crippen molar-refractivity contribution in [2.24, 2.45) is 0 Å². The van der Waals surface area contributed by atoms with E-state index < -0.39 is 12.0 Å². The minimum absolute atomic E-state index is 0.155. The molecule has 1 aromatic carbocycles. The number of rotatable bonds is 3. The Morgan fingerprint density at radius 3 is 2.39 bits per heavy atom. The highest BCUT2D eigenvalue weighted by atomic mass is 16.4. The molecule has 1 aliphatic rings. The number of carboxylic acids is 1. The molecule has 0 bridgehead atoms. The van der Waals surface area contributed by atoms with Gasteiger partial charge >= 0.3 is 5.97 Å². The Kier molecular flexibility index (Phi) is 3.99. The van der Waals surface area contributed by atoms with Crippen LogP contribution in [0.25, 0.3) is 0 Å². The normalized spacial score (nSPS) is 24.2. The van der Waals surface area contributed by atoms with Crippen molar-refractivity contribution in [2.75, 3.05) is 13.1 Å². The van der Waals surface area contributed by atoms with Gasteiger partial charge in [-0.3, -0.25) is 4.79 Å². The van der Waals surface area contributed by atoms with Crippen LogP contribution >= 0.6 is 0 Å². The van der Waals surface area contributed by atoms with Crippen LogP contribution < -0.4 is 10.6 Å². The van der Waals surface area contributed by atoms with Gasteiger partial charge < -0.3 is 15.7 Å². The molecule has 1 fully saturated rings. The van der Waals surface area contributed by atoms with E-state index in [0.29, 0.717) is 12.5 Å². The monoisotopic (exact) mass is 248 g/mol. The lowest BCUT2D eigenvalue weighted by molar-refractivity contribution is -0.140. The second-order valence-electron chi connectivity index (χ2n) is 5.02. The Labute approximate surface area is 107 Å². The first kappa shape index (κ1) is 13.1. The van der Waals surface area contributed by atoms with Gasteiger partial charge in [0.1, 0.15) is 6.04 Å². The number of hydrogen-bond acceptors (Lipinski definition) is 3. The van der Waals surface area contributed by atoms with Crippen LogP contribution in [0.3, 0.4) is 0 Å². The third kappa shape index (κ3) is 2.71. The van der Waals surface area contributed by atoms with Crippen LogP contribution in [-0.2, 0) is 4.79 Å². The molecule has 2 rings (SSSR count). The zero-order valence-electron chi connectivity index (χ0n) is 10.8. The van der Waals surface area contributed by atoms with Gasteiger partial charge in [-0.25, -0.2) is 0 Å². The quantitative estimate of drug-likeness (QED) is 0.758. The summed E-state index contributed by atoms with van der Waals surface area (Å²) < 4.78 is 0. The fourth-order valence-electron chi connectivity index (χ4n) is 2.32. The molecule has 0 spiro atoms. The molecule has 1 aromatic rings. The second kappa shape index (κ2) is 5.50. The summed E-state index contributed by atoms with van der Waals surface area (Å²) in [5, 5.41) is 15.5. The average Bonchev–Trinajstić information content (AvgIpc) is 2.39. The Morgan fingerprint density at radius 2 is 1.83 bits per heavy atom. The van der Waals surface area contributed by atoms with Gasteiger partial charge in [0.2, 0.25) is 0 Å². The molecule has 4 nitrogen and oxygen atoms in total. The third-order valence-electron chi connectivity index (χ3n) is 3.42. The average molecular weight is 248 g/mol. The van der Waals surface area contributed by atoms with Gasteiger partial charge in [0, 0.05) is 13.1 Å². The van der Waals surface area contributed by atoms with E-state index in [9.17, 15) is 9.90 Å². The summed E-state index contributed by atoms with van der Waals surface area (Å²) in [4.78, 5) is 11.2. The fourth-order valence-corrected chi connectivity index (χ4v) is 2.32. The molecule has 4 heteroatoms. The lowest BCUT2D eigenvalue weighted by Crippen LogP contribution is -2.54. The van der Waals surface area contributed by atoms with Gasteiger partial charge in [0.25, 0.3) is 0 Å². The van der Waals surface area contributed by atoms with Crippen molar-refractivity contribution < 1.29 is 9.90 Å². The van der Waals surface area contributed by atoms with Crippen molar-refractivity contribution >= 4 is 5.97 Å². The van der Waals surface area contributed by atoms with Crippen molar-refractivity contribution in [3.05, 3.63) is 35.4 Å². The number of hydrogen-bond donors (Lipinski definition) is 3. The molecular weight excluding hydrogens is 228 g/mol. The summed E-state index contributed by atoms with van der Waals surface area (Å²) in [6.07, 6.45) is 0. The summed E-state index contributed by atoms with van der Waals surface area (Å²) in [6.45, 7) is 5.78. The molecule has 1 heterocycles. The van der Waals surface area contributed by atoms with E-state index in [1.54, 1.807) is 0 Å². The van der Waals surface area contributed by atoms with Crippen molar-refractivity contribution in [3.63, 3.8) is 0 Å². The van der Waals surface area contributed by atoms with E-state index in [1.165, 1.54) is 5.56 Å². The van der Waals surface area contributed by atoms with Crippen LogP contribution in [0, 0.1) is 0 Å². The highest BCUT2D eigenvalue weighted by Crippen LogP contribution is 2.22. The van der Waals surface area contributed by atoms with Crippen LogP contribution in [-0.4, -0.2) is 30.2 Å². The molecule has 18 heavy (non-hydrogen) atoms. The van der Waals surface area contributed by atoms with Gasteiger partial charge in [-0.05, 0) is 17.0 Å². The molecule has 98 valence electrons. The van der Waals surface area contributed by atoms with Gasteiger partial charge in [0.15, 0.2) is 0 Å². The Bertz CT molecular complexity index is 414. The fraction of sp³-hybridized carbons (Fsp3) is 0.500. The predicted octanol–water partition coefficient (Wildman–Crippen LogP) is 1.50. The number of benzene rings is 1. The Balaban J connectivity index is 2.20. The standard InChI is InChI=1S/C14H20N2O2/c1-9(2)10-3-5-11(6-4-10)12-13(14(17)18)16-8-7-15-12/h3-6,9,12-13,15-16H,7-8H2,1-2H3,(H,17,18). The van der Waals surface area contributed by atoms with Crippen molar-refractivity contribution in [3.8, 4) is 0 Å². The molecule has 2 atom stereocenters. The molecule has 0 aliphatic carbocycles. The topological polar surface area (TPSA) is 61.4 Å². The summed E-state index contributed by atoms with van der Waals surface area (Å²) in [5.41, 5.74) is 2.30. The summed E-state index contributed by atoms with van der Waals surface area (Å²) in [5.74, 6) is -0.313. The molecule has 0 saturated carbocycles. The number of aliphatic carboxylic acids is 1. The zero-order chi connectivity index (χ0) is 13.1. The molecule has 1 aliphatic heterocycles. The lowest BCUT2D eigenvalue weighted by atomic mass is 9.94. The summed E-state index contributed by atoms with van der Waals surface area (Å²) >= 11 is 0. The third-order valence-corrected chi connectivity index (χ3v) is 3.42. The van der Waals surface area contributed by atoms with Crippen LogP contribution in [0.4, 0.5) is 0 Å². The number of nitrogens with one attached hydrogen (secondary N) is 2. The van der Waals surface area contributed by atoms with Crippen LogP contribution in [0.2, 0.25) is 0 Å². The smallest absolute Gasteiger partial charge is 0.322 e. The Hall–Kier alpha value is -1.39. The highest BCUT2D eigenvalue weighted by Gasteiger charge is 2.31. The molecular formula is C14H20N2O2. The molecule has 0 radical (unpaired) electrons. The first-order valence-electron chi connectivity index (χ1n) is 6.39. The maximum Gasteiger partial charge on any atom is 0.322 e. The van der Waals surface area contributed by atoms with E-state index >= 15 is 0 Å². The van der Waals surface area contributed by atoms with Gasteiger partial charge in [0.05, 0.1) is 6.04 Å². The minimum atomic E-state index is -0.805. The number of carboxylic acid groups (broad SMARTS) is 1. The minimum Gasteiger partial charge on any atom is -0.480 e. The van der Waals surface area contributed by atoms with E-state index in [0.717, 1.165) is 12.1 Å². The first-order valence-corrected chi connectivity index (χ1v) is 6.39. The van der Waals surface area contributed by atoms with E-state index in [2.05, 4.69) is 36.6 Å². The zero-order valence-corrected chi connectivity index (χ0v) is 10.8. The van der Waals surface area contributed by atoms with Crippen LogP contribution in [0.5, 0.6) is 0 Å². The van der Waals surface area contributed by atoms with Crippen LogP contribution in [0.15, 0.2) is 24.3 Å². The SMILES string of the molecule is CC(C)c1ccc(C2NCCNC2C(=O)O)cc1. The van der Waals surface area contributed by atoms with E-state index in [1.807, 2.05) is 12.1 Å². The van der Waals surface area contributed by atoms with E-state index in [4.69, 9.17) is 0 Å². The molecule has 1 saturated heterocycles. The second-order valence-corrected chi connectivity index (χ2v) is 5.02. The van der Waals surface area contributed by atoms with Gasteiger partial charge in [-0.2, -0.15) is 0 Å². The molecule has 2 unspecified atom stereocenters.